The van der Waals surface area contributed by atoms with E-state index in [9.17, 15) is 10.1 Å². The van der Waals surface area contributed by atoms with Crippen molar-refractivity contribution in [3.63, 3.8) is 0 Å². The van der Waals surface area contributed by atoms with Crippen molar-refractivity contribution in [1.82, 2.24) is 0 Å². The molecule has 0 bridgehead atoms. The lowest BCUT2D eigenvalue weighted by Crippen LogP contribution is -1.88. The highest BCUT2D eigenvalue weighted by atomic mass is 16.6. The molecule has 2 rings (SSSR count). The molecule has 0 saturated carbocycles. The Hall–Kier alpha value is -2.80. The van der Waals surface area contributed by atoms with Crippen LogP contribution in [0.1, 0.15) is 11.1 Å². The summed E-state index contributed by atoms with van der Waals surface area (Å²) < 4.78 is 0. The van der Waals surface area contributed by atoms with Gasteiger partial charge in [0, 0.05) is 28.9 Å². The zero-order valence-electron chi connectivity index (χ0n) is 9.46. The Kier molecular flexibility index (Phi) is 3.26. The van der Waals surface area contributed by atoms with Gasteiger partial charge in [0.25, 0.3) is 5.69 Å². The van der Waals surface area contributed by atoms with Crippen molar-refractivity contribution in [3.05, 3.63) is 69.8 Å². The summed E-state index contributed by atoms with van der Waals surface area (Å²) in [6, 6.07) is 13.4. The van der Waals surface area contributed by atoms with Crippen LogP contribution < -0.4 is 5.73 Å². The number of benzene rings is 2. The van der Waals surface area contributed by atoms with Crippen LogP contribution in [0.4, 0.5) is 11.4 Å². The van der Waals surface area contributed by atoms with Gasteiger partial charge in [-0.3, -0.25) is 10.1 Å². The first-order chi connectivity index (χ1) is 8.65. The van der Waals surface area contributed by atoms with E-state index in [4.69, 9.17) is 5.73 Å². The maximum absolute atomic E-state index is 10.6. The summed E-state index contributed by atoms with van der Waals surface area (Å²) in [4.78, 5) is 10.2. The molecular weight excluding hydrogens is 228 g/mol. The fraction of sp³-hybridized carbons (Fsp3) is 0. The molecule has 18 heavy (non-hydrogen) atoms. The number of nitro groups is 1. The van der Waals surface area contributed by atoms with E-state index in [0.717, 1.165) is 5.56 Å². The molecule has 0 saturated heterocycles. The maximum atomic E-state index is 10.6. The van der Waals surface area contributed by atoms with Gasteiger partial charge in [0.1, 0.15) is 0 Å². The van der Waals surface area contributed by atoms with Crippen LogP contribution in [0, 0.1) is 22.0 Å². The number of hydrogen-bond donors (Lipinski definition) is 1. The summed E-state index contributed by atoms with van der Waals surface area (Å²) in [5.74, 6) is 5.79. The summed E-state index contributed by atoms with van der Waals surface area (Å²) in [5, 5.41) is 10.6. The van der Waals surface area contributed by atoms with E-state index < -0.39 is 4.92 Å². The van der Waals surface area contributed by atoms with Gasteiger partial charge in [0.05, 0.1) is 4.92 Å². The zero-order valence-corrected chi connectivity index (χ0v) is 9.46. The summed E-state index contributed by atoms with van der Waals surface area (Å²) in [5.41, 5.74) is 7.69. The summed E-state index contributed by atoms with van der Waals surface area (Å²) in [7, 11) is 0. The van der Waals surface area contributed by atoms with Gasteiger partial charge < -0.3 is 5.73 Å². The van der Waals surface area contributed by atoms with Crippen molar-refractivity contribution in [2.75, 3.05) is 5.73 Å². The van der Waals surface area contributed by atoms with Gasteiger partial charge in [0.15, 0.2) is 0 Å². The van der Waals surface area contributed by atoms with Crippen molar-refractivity contribution < 1.29 is 4.92 Å². The van der Waals surface area contributed by atoms with E-state index in [0.29, 0.717) is 11.3 Å². The lowest BCUT2D eigenvalue weighted by Gasteiger charge is -1.93. The molecule has 0 spiro atoms. The number of nitro benzene ring substituents is 1. The van der Waals surface area contributed by atoms with Crippen molar-refractivity contribution in [3.8, 4) is 11.8 Å². The van der Waals surface area contributed by atoms with Gasteiger partial charge >= 0.3 is 0 Å². The fourth-order valence-electron chi connectivity index (χ4n) is 1.46. The van der Waals surface area contributed by atoms with Crippen molar-refractivity contribution in [2.45, 2.75) is 0 Å². The Labute approximate surface area is 104 Å². The zero-order chi connectivity index (χ0) is 13.0. The molecule has 0 unspecified atom stereocenters. The maximum Gasteiger partial charge on any atom is 0.270 e. The largest absolute Gasteiger partial charge is 0.399 e. The first-order valence-electron chi connectivity index (χ1n) is 5.27. The predicted octanol–water partition coefficient (Wildman–Crippen LogP) is 2.58. The summed E-state index contributed by atoms with van der Waals surface area (Å²) in [6.07, 6.45) is 0. The van der Waals surface area contributed by atoms with Gasteiger partial charge in [-0.1, -0.05) is 24.0 Å². The number of anilines is 1. The molecule has 0 aromatic heterocycles. The Bertz CT molecular complexity index is 654. The third kappa shape index (κ3) is 2.86. The highest BCUT2D eigenvalue weighted by Crippen LogP contribution is 2.12. The Balaban J connectivity index is 2.30. The highest BCUT2D eigenvalue weighted by Gasteiger charge is 2.03. The molecule has 0 aliphatic carbocycles. The standard InChI is InChI=1S/C14H10N2O2/c15-13-5-1-3-11(9-13)7-8-12-4-2-6-14(10-12)16(17)18/h1-6,9-10H,15H2. The predicted molar refractivity (Wildman–Crippen MR) is 69.9 cm³/mol. The van der Waals surface area contributed by atoms with Crippen LogP contribution in [0.3, 0.4) is 0 Å². The van der Waals surface area contributed by atoms with Crippen LogP contribution in [-0.2, 0) is 0 Å². The molecule has 0 aliphatic heterocycles. The van der Waals surface area contributed by atoms with E-state index >= 15 is 0 Å². The van der Waals surface area contributed by atoms with Gasteiger partial charge in [-0.15, -0.1) is 0 Å². The average molecular weight is 238 g/mol. The second-order valence-electron chi connectivity index (χ2n) is 3.68. The van der Waals surface area contributed by atoms with Crippen LogP contribution in [-0.4, -0.2) is 4.92 Å². The molecule has 2 N–H and O–H groups in total. The van der Waals surface area contributed by atoms with Crippen LogP contribution in [0.15, 0.2) is 48.5 Å². The first kappa shape index (κ1) is 11.7. The molecular formula is C14H10N2O2. The van der Waals surface area contributed by atoms with Gasteiger partial charge in [0.2, 0.25) is 0 Å². The van der Waals surface area contributed by atoms with Crippen LogP contribution >= 0.6 is 0 Å². The number of nitrogen functional groups attached to an aromatic ring is 1. The molecule has 88 valence electrons. The Morgan fingerprint density at radius 3 is 2.22 bits per heavy atom. The lowest BCUT2D eigenvalue weighted by molar-refractivity contribution is -0.384. The van der Waals surface area contributed by atoms with E-state index in [-0.39, 0.29) is 5.69 Å². The molecule has 0 aliphatic rings. The van der Waals surface area contributed by atoms with Gasteiger partial charge in [-0.25, -0.2) is 0 Å². The normalized spacial score (nSPS) is 9.33. The highest BCUT2D eigenvalue weighted by molar-refractivity contribution is 5.51. The Morgan fingerprint density at radius 1 is 1.00 bits per heavy atom. The molecule has 0 fully saturated rings. The molecule has 2 aromatic carbocycles. The van der Waals surface area contributed by atoms with Crippen molar-refractivity contribution in [1.29, 1.82) is 0 Å². The molecule has 4 nitrogen and oxygen atoms in total. The second kappa shape index (κ2) is 5.02. The third-order valence-electron chi connectivity index (χ3n) is 2.29. The summed E-state index contributed by atoms with van der Waals surface area (Å²) >= 11 is 0. The lowest BCUT2D eigenvalue weighted by atomic mass is 10.1. The minimum Gasteiger partial charge on any atom is -0.399 e. The van der Waals surface area contributed by atoms with Crippen molar-refractivity contribution in [2.24, 2.45) is 0 Å². The number of non-ortho nitro benzene ring substituents is 1. The van der Waals surface area contributed by atoms with Crippen LogP contribution in [0.25, 0.3) is 0 Å². The van der Waals surface area contributed by atoms with Crippen molar-refractivity contribution >= 4 is 11.4 Å². The minimum atomic E-state index is -0.439. The fourth-order valence-corrected chi connectivity index (χ4v) is 1.46. The molecule has 0 atom stereocenters. The third-order valence-corrected chi connectivity index (χ3v) is 2.29. The molecule has 4 heteroatoms. The van der Waals surface area contributed by atoms with Gasteiger partial charge in [-0.2, -0.15) is 0 Å². The first-order valence-corrected chi connectivity index (χ1v) is 5.27. The molecule has 0 heterocycles. The smallest absolute Gasteiger partial charge is 0.270 e. The topological polar surface area (TPSA) is 69.2 Å². The SMILES string of the molecule is Nc1cccc(C#Cc2cccc([N+](=O)[O-])c2)c1. The molecule has 0 radical (unpaired) electrons. The van der Waals surface area contributed by atoms with E-state index in [2.05, 4.69) is 11.8 Å². The van der Waals surface area contributed by atoms with Crippen LogP contribution in [0.2, 0.25) is 0 Å². The quantitative estimate of drug-likeness (QED) is 0.359. The number of rotatable bonds is 1. The van der Waals surface area contributed by atoms with E-state index in [1.807, 2.05) is 12.1 Å². The minimum absolute atomic E-state index is 0.0365. The van der Waals surface area contributed by atoms with Gasteiger partial charge in [-0.05, 0) is 24.3 Å². The number of nitrogens with zero attached hydrogens (tertiary/aromatic N) is 1. The number of nitrogens with two attached hydrogens (primary N) is 1. The van der Waals surface area contributed by atoms with E-state index in [1.54, 1.807) is 24.3 Å². The monoisotopic (exact) mass is 238 g/mol. The second-order valence-corrected chi connectivity index (χ2v) is 3.68. The van der Waals surface area contributed by atoms with E-state index in [1.165, 1.54) is 12.1 Å². The number of hydrogen-bond acceptors (Lipinski definition) is 3. The summed E-state index contributed by atoms with van der Waals surface area (Å²) in [6.45, 7) is 0. The molecule has 0 amide bonds. The Morgan fingerprint density at radius 2 is 1.61 bits per heavy atom. The van der Waals surface area contributed by atoms with Crippen LogP contribution in [0.5, 0.6) is 0 Å². The molecule has 2 aromatic rings. The average Bonchev–Trinajstić information content (AvgIpc) is 2.37.